The van der Waals surface area contributed by atoms with Gasteiger partial charge in [0.1, 0.15) is 16.9 Å². The summed E-state index contributed by atoms with van der Waals surface area (Å²) in [7, 11) is 3.27. The van der Waals surface area contributed by atoms with Gasteiger partial charge in [-0.3, -0.25) is 4.68 Å². The first-order chi connectivity index (χ1) is 14.7. The second-order valence-corrected chi connectivity index (χ2v) is 7.20. The molecule has 7 nitrogen and oxygen atoms in total. The Balaban J connectivity index is 1.62. The summed E-state index contributed by atoms with van der Waals surface area (Å²) in [5.74, 6) is 7.96. The van der Waals surface area contributed by atoms with Gasteiger partial charge in [0.25, 0.3) is 0 Å². The fourth-order valence-electron chi connectivity index (χ4n) is 3.07. The number of nitrogens with zero attached hydrogens (tertiary/aromatic N) is 3. The van der Waals surface area contributed by atoms with Gasteiger partial charge < -0.3 is 18.7 Å². The molecule has 1 N–H and O–H groups in total. The maximum absolute atomic E-state index is 5.61. The molecule has 0 radical (unpaired) electrons. The number of rotatable bonds is 7. The van der Waals surface area contributed by atoms with Crippen LogP contribution in [0.3, 0.4) is 0 Å². The minimum Gasteiger partial charge on any atom is -0.496 e. The van der Waals surface area contributed by atoms with Gasteiger partial charge in [0.05, 0.1) is 25.7 Å². The van der Waals surface area contributed by atoms with Crippen molar-refractivity contribution in [1.29, 1.82) is 0 Å². The third kappa shape index (κ3) is 4.07. The first-order valence-corrected chi connectivity index (χ1v) is 10.0. The summed E-state index contributed by atoms with van der Waals surface area (Å²) in [5, 5.41) is 9.21. The zero-order valence-corrected chi connectivity index (χ0v) is 17.6. The molecule has 0 fully saturated rings. The van der Waals surface area contributed by atoms with E-state index in [9.17, 15) is 0 Å². The smallest absolute Gasteiger partial charge is 0.191 e. The number of hydrogen-bond acceptors (Lipinski definition) is 7. The summed E-state index contributed by atoms with van der Waals surface area (Å²) >= 11 is 1.38. The second-order valence-electron chi connectivity index (χ2n) is 6.35. The fraction of sp³-hybridized carbons (Fsp3) is 0.182. The van der Waals surface area contributed by atoms with E-state index >= 15 is 0 Å². The Morgan fingerprint density at radius 3 is 2.77 bits per heavy atom. The van der Waals surface area contributed by atoms with Crippen LogP contribution in [0.2, 0.25) is 0 Å². The summed E-state index contributed by atoms with van der Waals surface area (Å²) in [6.07, 6.45) is 3.66. The van der Waals surface area contributed by atoms with Crippen LogP contribution in [0.5, 0.6) is 11.5 Å². The standard InChI is InChI=1S/C22H20N4O3S/c1-4-6-15-7-8-17(27-2)20(13-15)30-25-22-21-18(28-3)11-16(12-19(21)29-24-22)14-26-10-5-9-23-26/h5,7-13H,14H2,1-3H3,(H,24,25). The molecule has 2 heterocycles. The predicted molar refractivity (Wildman–Crippen MR) is 117 cm³/mol. The Morgan fingerprint density at radius 2 is 2.03 bits per heavy atom. The zero-order chi connectivity index (χ0) is 20.9. The molecule has 0 aliphatic rings. The van der Waals surface area contributed by atoms with Gasteiger partial charge >= 0.3 is 0 Å². The van der Waals surface area contributed by atoms with Gasteiger partial charge in [-0.25, -0.2) is 0 Å². The van der Waals surface area contributed by atoms with Gasteiger partial charge in [-0.1, -0.05) is 11.1 Å². The highest BCUT2D eigenvalue weighted by Crippen LogP contribution is 2.37. The molecular weight excluding hydrogens is 400 g/mol. The van der Waals surface area contributed by atoms with E-state index in [4.69, 9.17) is 14.0 Å². The molecule has 152 valence electrons. The summed E-state index contributed by atoms with van der Waals surface area (Å²) < 4.78 is 21.7. The molecule has 4 aromatic rings. The molecular formula is C22H20N4O3S. The Bertz CT molecular complexity index is 1220. The van der Waals surface area contributed by atoms with Gasteiger partial charge in [0, 0.05) is 18.0 Å². The van der Waals surface area contributed by atoms with Crippen LogP contribution in [0.15, 0.2) is 58.2 Å². The largest absolute Gasteiger partial charge is 0.496 e. The number of anilines is 1. The van der Waals surface area contributed by atoms with Crippen LogP contribution in [0.25, 0.3) is 11.0 Å². The number of methoxy groups -OCH3 is 2. The summed E-state index contributed by atoms with van der Waals surface area (Å²) in [5.41, 5.74) is 2.55. The Kier molecular flexibility index (Phi) is 5.82. The molecule has 0 amide bonds. The molecule has 0 saturated carbocycles. The fourth-order valence-corrected chi connectivity index (χ4v) is 3.86. The van der Waals surface area contributed by atoms with E-state index in [0.717, 1.165) is 27.2 Å². The van der Waals surface area contributed by atoms with Crippen LogP contribution in [0.4, 0.5) is 5.82 Å². The highest BCUT2D eigenvalue weighted by Gasteiger charge is 2.17. The van der Waals surface area contributed by atoms with Crippen LogP contribution in [0, 0.1) is 11.8 Å². The topological polar surface area (TPSA) is 74.3 Å². The first kappa shape index (κ1) is 19.7. The maximum Gasteiger partial charge on any atom is 0.191 e. The monoisotopic (exact) mass is 420 g/mol. The molecule has 0 bridgehead atoms. The van der Waals surface area contributed by atoms with Crippen molar-refractivity contribution in [2.24, 2.45) is 0 Å². The molecule has 0 aliphatic heterocycles. The third-order valence-corrected chi connectivity index (χ3v) is 5.25. The van der Waals surface area contributed by atoms with E-state index in [2.05, 4.69) is 26.8 Å². The van der Waals surface area contributed by atoms with Crippen molar-refractivity contribution in [3.63, 3.8) is 0 Å². The van der Waals surface area contributed by atoms with Crippen molar-refractivity contribution in [3.05, 3.63) is 59.9 Å². The lowest BCUT2D eigenvalue weighted by atomic mass is 10.1. The quantitative estimate of drug-likeness (QED) is 0.346. The molecule has 0 saturated heterocycles. The van der Waals surface area contributed by atoms with Crippen LogP contribution in [-0.4, -0.2) is 29.2 Å². The average Bonchev–Trinajstić information content (AvgIpc) is 3.42. The van der Waals surface area contributed by atoms with Crippen molar-refractivity contribution in [3.8, 4) is 23.3 Å². The summed E-state index contributed by atoms with van der Waals surface area (Å²) in [4.78, 5) is 0.892. The molecule has 2 aromatic heterocycles. The molecule has 0 atom stereocenters. The third-order valence-electron chi connectivity index (χ3n) is 4.41. The Hall–Kier alpha value is -3.57. The Morgan fingerprint density at radius 1 is 1.17 bits per heavy atom. The molecule has 0 aliphatic carbocycles. The number of aromatic nitrogens is 3. The molecule has 4 rings (SSSR count). The van der Waals surface area contributed by atoms with Crippen molar-refractivity contribution in [2.45, 2.75) is 18.4 Å². The zero-order valence-electron chi connectivity index (χ0n) is 16.8. The van der Waals surface area contributed by atoms with Crippen LogP contribution in [0.1, 0.15) is 18.1 Å². The second kappa shape index (κ2) is 8.84. The van der Waals surface area contributed by atoms with Crippen LogP contribution < -0.4 is 14.2 Å². The number of benzene rings is 2. The van der Waals surface area contributed by atoms with Crippen molar-refractivity contribution >= 4 is 28.7 Å². The summed E-state index contributed by atoms with van der Waals surface area (Å²) in [6, 6.07) is 11.6. The number of ether oxygens (including phenoxy) is 2. The molecule has 8 heteroatoms. The number of hydrogen-bond donors (Lipinski definition) is 1. The minimum absolute atomic E-state index is 0.575. The molecule has 2 aromatic carbocycles. The van der Waals surface area contributed by atoms with Crippen LogP contribution >= 0.6 is 11.9 Å². The van der Waals surface area contributed by atoms with Gasteiger partial charge in [-0.2, -0.15) is 5.10 Å². The number of nitrogens with one attached hydrogen (secondary N) is 1. The maximum atomic E-state index is 5.61. The lowest BCUT2D eigenvalue weighted by Crippen LogP contribution is -2.00. The molecule has 0 unspecified atom stereocenters. The van der Waals surface area contributed by atoms with Gasteiger partial charge in [-0.15, -0.1) is 5.92 Å². The normalized spacial score (nSPS) is 10.5. The van der Waals surface area contributed by atoms with Gasteiger partial charge in [0.15, 0.2) is 11.4 Å². The van der Waals surface area contributed by atoms with Crippen molar-refractivity contribution in [2.75, 3.05) is 18.9 Å². The first-order valence-electron chi connectivity index (χ1n) is 9.19. The Labute approximate surface area is 178 Å². The highest BCUT2D eigenvalue weighted by molar-refractivity contribution is 8.00. The van der Waals surface area contributed by atoms with E-state index in [1.165, 1.54) is 11.9 Å². The molecule has 0 spiro atoms. The minimum atomic E-state index is 0.575. The van der Waals surface area contributed by atoms with Gasteiger partial charge in [0.2, 0.25) is 0 Å². The highest BCUT2D eigenvalue weighted by atomic mass is 32.2. The van der Waals surface area contributed by atoms with Crippen molar-refractivity contribution < 1.29 is 14.0 Å². The van der Waals surface area contributed by atoms with Crippen molar-refractivity contribution in [1.82, 2.24) is 14.9 Å². The SMILES string of the molecule is CC#Cc1ccc(OC)c(SNc2noc3cc(Cn4cccn4)cc(OC)c23)c1. The molecule has 30 heavy (non-hydrogen) atoms. The lowest BCUT2D eigenvalue weighted by molar-refractivity contribution is 0.405. The van der Waals surface area contributed by atoms with E-state index in [-0.39, 0.29) is 0 Å². The van der Waals surface area contributed by atoms with Crippen LogP contribution in [-0.2, 0) is 6.54 Å². The predicted octanol–water partition coefficient (Wildman–Crippen LogP) is 4.58. The number of fused-ring (bicyclic) bond motifs is 1. The van der Waals surface area contributed by atoms with E-state index in [1.807, 2.05) is 54.2 Å². The van der Waals surface area contributed by atoms with Gasteiger partial charge in [-0.05, 0) is 60.8 Å². The van der Waals surface area contributed by atoms with E-state index < -0.39 is 0 Å². The van der Waals surface area contributed by atoms with E-state index in [0.29, 0.717) is 23.7 Å². The summed E-state index contributed by atoms with van der Waals surface area (Å²) in [6.45, 7) is 2.42. The average molecular weight is 420 g/mol. The van der Waals surface area contributed by atoms with E-state index in [1.54, 1.807) is 20.4 Å². The lowest BCUT2D eigenvalue weighted by Gasteiger charge is -2.10.